The number of pyridine rings is 3. The highest BCUT2D eigenvalue weighted by Crippen LogP contribution is 2.40. The van der Waals surface area contributed by atoms with Crippen LogP contribution >= 0.6 is 0 Å². The zero-order chi connectivity index (χ0) is 57.2. The van der Waals surface area contributed by atoms with Crippen molar-refractivity contribution >= 4 is 27.6 Å². The first-order valence-electron chi connectivity index (χ1n) is 28.6. The summed E-state index contributed by atoms with van der Waals surface area (Å²) in [6, 6.07) is 86.7. The van der Waals surface area contributed by atoms with Gasteiger partial charge in [0.1, 0.15) is 5.84 Å². The van der Waals surface area contributed by atoms with Crippen LogP contribution in [-0.4, -0.2) is 47.3 Å². The molecule has 14 aromatic rings. The number of aliphatic imine (C=N–C) groups is 1. The molecule has 0 saturated carbocycles. The molecule has 86 heavy (non-hydrogen) atoms. The molecule has 0 fully saturated rings. The number of benzene rings is 9. The molecule has 0 bridgehead atoms. The van der Waals surface area contributed by atoms with Gasteiger partial charge < -0.3 is 5.32 Å². The van der Waals surface area contributed by atoms with Crippen molar-refractivity contribution in [3.05, 3.63) is 298 Å². The number of hydrogen-bond acceptors (Lipinski definition) is 9. The molecule has 9 aromatic carbocycles. The van der Waals surface area contributed by atoms with Gasteiger partial charge in [0.05, 0.1) is 28.1 Å². The molecule has 9 heteroatoms. The molecule has 0 saturated heterocycles. The quantitative estimate of drug-likeness (QED) is 0.129. The van der Waals surface area contributed by atoms with E-state index in [9.17, 15) is 0 Å². The second-order valence-electron chi connectivity index (χ2n) is 21.2. The summed E-state index contributed by atoms with van der Waals surface area (Å²) in [6.07, 6.45) is 13.2. The predicted molar refractivity (Wildman–Crippen MR) is 349 cm³/mol. The highest BCUT2D eigenvalue weighted by molar-refractivity contribution is 6.03. The zero-order valence-corrected chi connectivity index (χ0v) is 46.5. The molecule has 1 aliphatic heterocycles. The lowest BCUT2D eigenvalue weighted by molar-refractivity contribution is 1.01. The Morgan fingerprint density at radius 2 is 0.814 bits per heavy atom. The maximum Gasteiger partial charge on any atom is 0.160 e. The van der Waals surface area contributed by atoms with Crippen molar-refractivity contribution < 1.29 is 0 Å². The lowest BCUT2D eigenvalue weighted by Crippen LogP contribution is -2.26. The summed E-state index contributed by atoms with van der Waals surface area (Å²) in [5.74, 6) is 2.05. The minimum Gasteiger partial charge on any atom is -0.366 e. The van der Waals surface area contributed by atoms with E-state index in [2.05, 4.69) is 222 Å². The Balaban J connectivity index is 0.789. The number of amidine groups is 1. The molecule has 15 rings (SSSR count). The van der Waals surface area contributed by atoms with Gasteiger partial charge in [0.2, 0.25) is 0 Å². The summed E-state index contributed by atoms with van der Waals surface area (Å²) in [6.45, 7) is 0.684. The van der Waals surface area contributed by atoms with Crippen molar-refractivity contribution in [1.82, 2.24) is 40.2 Å². The van der Waals surface area contributed by atoms with Crippen molar-refractivity contribution in [1.29, 1.82) is 0 Å². The largest absolute Gasteiger partial charge is 0.366 e. The third-order valence-electron chi connectivity index (χ3n) is 15.8. The summed E-state index contributed by atoms with van der Waals surface area (Å²) in [5, 5.41) is 5.45. The molecule has 1 aliphatic rings. The average Bonchev–Trinajstić information content (AvgIpc) is 3.05. The number of nitrogens with zero attached hydrogens (tertiary/aromatic N) is 8. The predicted octanol–water partition coefficient (Wildman–Crippen LogP) is 18.0. The van der Waals surface area contributed by atoms with E-state index < -0.39 is 0 Å². The molecule has 9 nitrogen and oxygen atoms in total. The third-order valence-corrected chi connectivity index (χ3v) is 15.8. The van der Waals surface area contributed by atoms with E-state index in [1.54, 1.807) is 6.20 Å². The summed E-state index contributed by atoms with van der Waals surface area (Å²) in [5.41, 5.74) is 22.6. The molecule has 6 heterocycles. The second kappa shape index (κ2) is 22.6. The Kier molecular flexibility index (Phi) is 13.4. The molecule has 0 atom stereocenters. The smallest absolute Gasteiger partial charge is 0.160 e. The molecule has 5 aromatic heterocycles. The fourth-order valence-corrected chi connectivity index (χ4v) is 11.5. The van der Waals surface area contributed by atoms with Crippen LogP contribution in [0.15, 0.2) is 297 Å². The minimum absolute atomic E-state index is 0.617. The van der Waals surface area contributed by atoms with Crippen LogP contribution in [0.4, 0.5) is 0 Å². The maximum absolute atomic E-state index is 5.36. The zero-order valence-electron chi connectivity index (χ0n) is 46.5. The van der Waals surface area contributed by atoms with E-state index in [0.29, 0.717) is 18.2 Å². The van der Waals surface area contributed by atoms with Crippen molar-refractivity contribution in [2.45, 2.75) is 0 Å². The molecule has 0 unspecified atom stereocenters. The number of rotatable bonds is 12. The molecule has 0 radical (unpaired) electrons. The van der Waals surface area contributed by atoms with Gasteiger partial charge in [0.25, 0.3) is 0 Å². The fourth-order valence-electron chi connectivity index (χ4n) is 11.5. The third kappa shape index (κ3) is 10.3. The lowest BCUT2D eigenvalue weighted by atomic mass is 9.92. The first-order valence-corrected chi connectivity index (χ1v) is 28.6. The van der Waals surface area contributed by atoms with Gasteiger partial charge >= 0.3 is 0 Å². The van der Waals surface area contributed by atoms with Crippen LogP contribution in [-0.2, 0) is 0 Å². The Hall–Kier alpha value is -11.7. The van der Waals surface area contributed by atoms with Crippen LogP contribution in [0.1, 0.15) is 5.56 Å². The van der Waals surface area contributed by atoms with Crippen LogP contribution in [0, 0.1) is 0 Å². The van der Waals surface area contributed by atoms with Crippen LogP contribution in [0.2, 0.25) is 0 Å². The Morgan fingerprint density at radius 1 is 0.302 bits per heavy atom. The Bertz CT molecular complexity index is 4840. The highest BCUT2D eigenvalue weighted by atomic mass is 15.0. The van der Waals surface area contributed by atoms with Crippen LogP contribution in [0.3, 0.4) is 0 Å². The summed E-state index contributed by atoms with van der Waals surface area (Å²) in [7, 11) is 0. The van der Waals surface area contributed by atoms with Crippen molar-refractivity contribution in [2.24, 2.45) is 4.99 Å². The van der Waals surface area contributed by atoms with Crippen LogP contribution in [0.5, 0.6) is 0 Å². The van der Waals surface area contributed by atoms with Crippen LogP contribution < -0.4 is 5.32 Å². The monoisotopic (exact) mass is 1100 g/mol. The minimum atomic E-state index is 0.617. The number of hydrogen-bond donors (Lipinski definition) is 1. The van der Waals surface area contributed by atoms with E-state index in [1.807, 2.05) is 79.5 Å². The van der Waals surface area contributed by atoms with Gasteiger partial charge in [-0.2, -0.15) is 0 Å². The van der Waals surface area contributed by atoms with Gasteiger partial charge in [-0.25, -0.2) is 24.9 Å². The first-order chi connectivity index (χ1) is 42.6. The second-order valence-corrected chi connectivity index (χ2v) is 21.2. The van der Waals surface area contributed by atoms with Gasteiger partial charge in [-0.3, -0.25) is 15.0 Å². The lowest BCUT2D eigenvalue weighted by Gasteiger charge is -2.16. The van der Waals surface area contributed by atoms with E-state index in [-0.39, 0.29) is 0 Å². The molecule has 404 valence electrons. The standard InChI is InChI=1S/C77H51N9/c1-4-15-50(16-5-1)56-29-31-67-71(46-56)83-77(86-73(67)53-17-6-2-7-18-53)65-42-60(41-63(45-65)75-81-36-14-37-82-75)51-25-27-52(28-26-51)66-33-38-79-49-69(66)58-22-12-21-55(39-58)57-30-32-68-72(47-57)84-76(85-74(68)54-19-8-3-9-20-54)64-43-61(59-23-13-34-78-48-59)40-62(44-64)70-24-10-11-35-80-70/h1-36,38-49H,37H2,(H,81,82). The van der Waals surface area contributed by atoms with Gasteiger partial charge in [-0.1, -0.05) is 158 Å². The van der Waals surface area contributed by atoms with Gasteiger partial charge in [-0.15, -0.1) is 0 Å². The molecule has 1 N–H and O–H groups in total. The topological polar surface area (TPSA) is 115 Å². The first kappa shape index (κ1) is 51.2. The fraction of sp³-hybridized carbons (Fsp3) is 0.0130. The average molecular weight is 1100 g/mol. The highest BCUT2D eigenvalue weighted by Gasteiger charge is 2.20. The van der Waals surface area contributed by atoms with Gasteiger partial charge in [0, 0.05) is 99.0 Å². The molecule has 0 spiro atoms. The maximum atomic E-state index is 5.36. The SMILES string of the molecule is C1=CN=C(c2cc(-c3ccc(-c4ccncc4-c4cccc(-c5ccc6c(-c7ccccc7)nc(-c7cc(-c8cccnc8)cc(-c8ccccn8)c7)nc6c5)c4)cc3)cc(-c3nc(-c4ccccc4)c4ccc(-c5ccccc5)cc4n3)c2)NC1. The van der Waals surface area contributed by atoms with Gasteiger partial charge in [-0.05, 0) is 153 Å². The van der Waals surface area contributed by atoms with Gasteiger partial charge in [0.15, 0.2) is 11.6 Å². The Labute approximate surface area is 497 Å². The molecular weight excluding hydrogens is 1050 g/mol. The van der Waals surface area contributed by atoms with Crippen molar-refractivity contribution in [2.75, 3.05) is 6.54 Å². The van der Waals surface area contributed by atoms with Crippen LogP contribution in [0.25, 0.3) is 145 Å². The summed E-state index contributed by atoms with van der Waals surface area (Å²) in [4.78, 5) is 40.0. The van der Waals surface area contributed by atoms with E-state index in [1.165, 1.54) is 0 Å². The Morgan fingerprint density at radius 3 is 1.45 bits per heavy atom. The van der Waals surface area contributed by atoms with E-state index in [0.717, 1.165) is 145 Å². The number of nitrogens with one attached hydrogen (secondary N) is 1. The molecule has 0 aliphatic carbocycles. The van der Waals surface area contributed by atoms with Crippen molar-refractivity contribution in [3.63, 3.8) is 0 Å². The van der Waals surface area contributed by atoms with Crippen molar-refractivity contribution in [3.8, 4) is 123 Å². The summed E-state index contributed by atoms with van der Waals surface area (Å²) >= 11 is 0. The summed E-state index contributed by atoms with van der Waals surface area (Å²) < 4.78 is 0. The van der Waals surface area contributed by atoms with E-state index >= 15 is 0 Å². The molecule has 0 amide bonds. The number of fused-ring (bicyclic) bond motifs is 2. The normalized spacial score (nSPS) is 12.0. The number of aromatic nitrogens is 7. The van der Waals surface area contributed by atoms with E-state index in [4.69, 9.17) is 29.9 Å². The molecular formula is C77H51N9.